The Morgan fingerprint density at radius 3 is 2.33 bits per heavy atom. The van der Waals surface area contributed by atoms with Crippen molar-refractivity contribution in [3.63, 3.8) is 0 Å². The van der Waals surface area contributed by atoms with E-state index in [2.05, 4.69) is 50.0 Å². The topological polar surface area (TPSA) is 44.7 Å². The van der Waals surface area contributed by atoms with Crippen molar-refractivity contribution in [3.8, 4) is 5.75 Å². The third-order valence-electron chi connectivity index (χ3n) is 6.73. The minimum atomic E-state index is 0.676. The van der Waals surface area contributed by atoms with Crippen molar-refractivity contribution >= 4 is 34.0 Å². The van der Waals surface area contributed by atoms with Crippen molar-refractivity contribution in [2.24, 2.45) is 0 Å². The molecule has 3 aromatic carbocycles. The average molecular weight is 502 g/mol. The molecule has 0 aliphatic carbocycles. The van der Waals surface area contributed by atoms with Crippen LogP contribution in [0.5, 0.6) is 5.75 Å². The van der Waals surface area contributed by atoms with Gasteiger partial charge in [-0.2, -0.15) is 0 Å². The zero-order valence-corrected chi connectivity index (χ0v) is 21.7. The van der Waals surface area contributed by atoms with Crippen molar-refractivity contribution in [2.45, 2.75) is 13.5 Å². The van der Waals surface area contributed by atoms with E-state index in [1.54, 1.807) is 0 Å². The molecule has 1 fully saturated rings. The number of benzene rings is 3. The summed E-state index contributed by atoms with van der Waals surface area (Å²) in [6.45, 7) is 8.62. The number of rotatable bonds is 8. The largest absolute Gasteiger partial charge is 0.492 e. The van der Waals surface area contributed by atoms with Crippen LogP contribution in [-0.2, 0) is 6.54 Å². The van der Waals surface area contributed by atoms with Crippen LogP contribution in [0.15, 0.2) is 72.8 Å². The maximum absolute atomic E-state index is 6.32. The lowest BCUT2D eigenvalue weighted by molar-refractivity contribution is 0.112. The van der Waals surface area contributed by atoms with Crippen LogP contribution in [0.1, 0.15) is 11.4 Å². The quantitative estimate of drug-likeness (QED) is 0.315. The van der Waals surface area contributed by atoms with Gasteiger partial charge in [-0.1, -0.05) is 41.9 Å². The van der Waals surface area contributed by atoms with Crippen LogP contribution in [0, 0.1) is 6.92 Å². The van der Waals surface area contributed by atoms with Gasteiger partial charge in [0.2, 0.25) is 0 Å². The normalized spacial score (nSPS) is 14.8. The zero-order chi connectivity index (χ0) is 24.9. The standard InChI is InChI=1S/C29H32ClN5O/c1-22-31-28-10-6-4-8-26(28)29(32-22)33(2)24-11-13-25(14-12-24)36-20-19-34-15-17-35(18-16-34)21-23-7-3-5-9-27(23)30/h3-14H,15-21H2,1-2H3. The SMILES string of the molecule is Cc1nc(N(C)c2ccc(OCCN3CCN(Cc4ccccc4Cl)CC3)cc2)c2ccccc2n1. The lowest BCUT2D eigenvalue weighted by atomic mass is 10.2. The number of halogens is 1. The Balaban J connectivity index is 1.11. The maximum Gasteiger partial charge on any atom is 0.144 e. The highest BCUT2D eigenvalue weighted by molar-refractivity contribution is 6.31. The summed E-state index contributed by atoms with van der Waals surface area (Å²) in [6, 6.07) is 24.5. The first kappa shape index (κ1) is 24.5. The van der Waals surface area contributed by atoms with E-state index in [1.807, 2.05) is 56.4 Å². The first-order valence-corrected chi connectivity index (χ1v) is 12.8. The molecule has 186 valence electrons. The number of hydrogen-bond donors (Lipinski definition) is 0. The van der Waals surface area contributed by atoms with Crippen molar-refractivity contribution in [2.75, 3.05) is 51.3 Å². The zero-order valence-electron chi connectivity index (χ0n) is 20.9. The van der Waals surface area contributed by atoms with Crippen molar-refractivity contribution in [1.29, 1.82) is 0 Å². The molecule has 5 rings (SSSR count). The molecule has 0 bridgehead atoms. The van der Waals surface area contributed by atoms with E-state index in [4.69, 9.17) is 21.3 Å². The predicted molar refractivity (Wildman–Crippen MR) is 147 cm³/mol. The van der Waals surface area contributed by atoms with Crippen LogP contribution in [0.3, 0.4) is 0 Å². The van der Waals surface area contributed by atoms with E-state index in [0.29, 0.717) is 6.61 Å². The number of aryl methyl sites for hydroxylation is 1. The Bertz CT molecular complexity index is 1300. The summed E-state index contributed by atoms with van der Waals surface area (Å²) in [5.41, 5.74) is 3.21. The third-order valence-corrected chi connectivity index (χ3v) is 7.10. The van der Waals surface area contributed by atoms with Gasteiger partial charge >= 0.3 is 0 Å². The van der Waals surface area contributed by atoms with Crippen LogP contribution < -0.4 is 9.64 Å². The number of ether oxygens (including phenoxy) is 1. The Kier molecular flexibility index (Phi) is 7.66. The molecule has 2 heterocycles. The maximum atomic E-state index is 6.32. The van der Waals surface area contributed by atoms with E-state index in [1.165, 1.54) is 5.56 Å². The molecule has 1 aliphatic rings. The second-order valence-electron chi connectivity index (χ2n) is 9.22. The summed E-state index contributed by atoms with van der Waals surface area (Å²) < 4.78 is 6.06. The molecule has 0 saturated carbocycles. The predicted octanol–water partition coefficient (Wildman–Crippen LogP) is 5.56. The molecule has 7 heteroatoms. The minimum absolute atomic E-state index is 0.676. The van der Waals surface area contributed by atoms with Gasteiger partial charge < -0.3 is 9.64 Å². The van der Waals surface area contributed by atoms with Gasteiger partial charge in [-0.3, -0.25) is 9.80 Å². The molecular formula is C29H32ClN5O. The van der Waals surface area contributed by atoms with Crippen molar-refractivity contribution in [1.82, 2.24) is 19.8 Å². The minimum Gasteiger partial charge on any atom is -0.492 e. The average Bonchev–Trinajstić information content (AvgIpc) is 2.90. The van der Waals surface area contributed by atoms with Gasteiger partial charge in [-0.15, -0.1) is 0 Å². The van der Waals surface area contributed by atoms with Gasteiger partial charge in [0.05, 0.1) is 5.52 Å². The molecule has 1 saturated heterocycles. The van der Waals surface area contributed by atoms with Gasteiger partial charge in [0, 0.05) is 62.4 Å². The summed E-state index contributed by atoms with van der Waals surface area (Å²) in [6.07, 6.45) is 0. The molecule has 0 spiro atoms. The molecule has 0 radical (unpaired) electrons. The Morgan fingerprint density at radius 2 is 1.56 bits per heavy atom. The van der Waals surface area contributed by atoms with Crippen molar-refractivity contribution in [3.05, 3.63) is 89.2 Å². The number of para-hydroxylation sites is 1. The van der Waals surface area contributed by atoms with Gasteiger partial charge in [0.25, 0.3) is 0 Å². The number of nitrogens with zero attached hydrogens (tertiary/aromatic N) is 5. The lowest BCUT2D eigenvalue weighted by Crippen LogP contribution is -2.47. The molecule has 1 aromatic heterocycles. The Hall–Kier alpha value is -3.19. The number of aromatic nitrogens is 2. The van der Waals surface area contributed by atoms with Gasteiger partial charge in [-0.25, -0.2) is 9.97 Å². The molecule has 4 aromatic rings. The van der Waals surface area contributed by atoms with Gasteiger partial charge in [0.15, 0.2) is 0 Å². The van der Waals surface area contributed by atoms with E-state index < -0.39 is 0 Å². The Labute approximate surface area is 218 Å². The molecule has 1 aliphatic heterocycles. The smallest absolute Gasteiger partial charge is 0.144 e. The second kappa shape index (κ2) is 11.2. The monoisotopic (exact) mass is 501 g/mol. The van der Waals surface area contributed by atoms with Gasteiger partial charge in [-0.05, 0) is 55.0 Å². The van der Waals surface area contributed by atoms with Crippen LogP contribution in [0.4, 0.5) is 11.5 Å². The van der Waals surface area contributed by atoms with E-state index in [-0.39, 0.29) is 0 Å². The highest BCUT2D eigenvalue weighted by Gasteiger charge is 2.18. The van der Waals surface area contributed by atoms with Crippen LogP contribution in [0.2, 0.25) is 5.02 Å². The summed E-state index contributed by atoms with van der Waals surface area (Å²) >= 11 is 6.32. The van der Waals surface area contributed by atoms with Crippen LogP contribution >= 0.6 is 11.6 Å². The number of hydrogen-bond acceptors (Lipinski definition) is 6. The highest BCUT2D eigenvalue weighted by Crippen LogP contribution is 2.29. The Morgan fingerprint density at radius 1 is 0.861 bits per heavy atom. The first-order chi connectivity index (χ1) is 17.6. The molecule has 0 amide bonds. The summed E-state index contributed by atoms with van der Waals surface area (Å²) in [5.74, 6) is 2.55. The lowest BCUT2D eigenvalue weighted by Gasteiger charge is -2.34. The van der Waals surface area contributed by atoms with Gasteiger partial charge in [0.1, 0.15) is 24.0 Å². The van der Waals surface area contributed by atoms with E-state index >= 15 is 0 Å². The third kappa shape index (κ3) is 5.78. The summed E-state index contributed by atoms with van der Waals surface area (Å²) in [5, 5.41) is 1.89. The fourth-order valence-electron chi connectivity index (χ4n) is 4.65. The fourth-order valence-corrected chi connectivity index (χ4v) is 4.84. The molecule has 36 heavy (non-hydrogen) atoms. The fraction of sp³-hybridized carbons (Fsp3) is 0.310. The first-order valence-electron chi connectivity index (χ1n) is 12.4. The van der Waals surface area contributed by atoms with E-state index in [9.17, 15) is 0 Å². The molecule has 0 unspecified atom stereocenters. The molecule has 0 atom stereocenters. The summed E-state index contributed by atoms with van der Waals surface area (Å²) in [7, 11) is 2.04. The number of anilines is 2. The molecule has 0 N–H and O–H groups in total. The van der Waals surface area contributed by atoms with E-state index in [0.717, 1.165) is 78.3 Å². The number of piperazine rings is 1. The van der Waals surface area contributed by atoms with Crippen LogP contribution in [0.25, 0.3) is 10.9 Å². The van der Waals surface area contributed by atoms with Crippen LogP contribution in [-0.4, -0.2) is 66.1 Å². The number of fused-ring (bicyclic) bond motifs is 1. The summed E-state index contributed by atoms with van der Waals surface area (Å²) in [4.78, 5) is 16.3. The second-order valence-corrected chi connectivity index (χ2v) is 9.63. The molecular weight excluding hydrogens is 470 g/mol. The van der Waals surface area contributed by atoms with Crippen molar-refractivity contribution < 1.29 is 4.74 Å². The molecule has 6 nitrogen and oxygen atoms in total. The highest BCUT2D eigenvalue weighted by atomic mass is 35.5.